The molecule has 2 nitrogen and oxygen atoms in total. The SMILES string of the molecule is CC(C)C1C(C)C(CC(O)C2CCCN2)C(C)C(C(C)C)C1C(C)C. The Balaban J connectivity index is 2.26. The summed E-state index contributed by atoms with van der Waals surface area (Å²) in [6, 6.07) is 0.331. The quantitative estimate of drug-likeness (QED) is 0.688. The highest BCUT2D eigenvalue weighted by atomic mass is 16.3. The molecule has 2 aliphatic rings. The Labute approximate surface area is 157 Å². The molecule has 0 radical (unpaired) electrons. The standard InChI is InChI=1S/C23H45NO/c1-13(2)21-16(7)18(12-20(25)19-10-9-11-24-19)17(8)22(14(3)4)23(21)15(5)6/h13-25H,9-12H2,1-8H3. The van der Waals surface area contributed by atoms with Gasteiger partial charge >= 0.3 is 0 Å². The van der Waals surface area contributed by atoms with Gasteiger partial charge in [0.05, 0.1) is 6.10 Å². The fourth-order valence-corrected chi connectivity index (χ4v) is 6.91. The van der Waals surface area contributed by atoms with E-state index in [0.717, 1.165) is 54.9 Å². The van der Waals surface area contributed by atoms with Gasteiger partial charge in [-0.25, -0.2) is 0 Å². The van der Waals surface area contributed by atoms with Crippen LogP contribution in [0.2, 0.25) is 0 Å². The highest BCUT2D eigenvalue weighted by Crippen LogP contribution is 2.54. The summed E-state index contributed by atoms with van der Waals surface area (Å²) in [6.07, 6.45) is 3.17. The average molecular weight is 352 g/mol. The molecule has 25 heavy (non-hydrogen) atoms. The zero-order chi connectivity index (χ0) is 18.9. The molecule has 1 saturated carbocycles. The lowest BCUT2D eigenvalue weighted by molar-refractivity contribution is -0.0810. The van der Waals surface area contributed by atoms with E-state index in [0.29, 0.717) is 23.8 Å². The van der Waals surface area contributed by atoms with Crippen LogP contribution >= 0.6 is 0 Å². The molecule has 2 rings (SSSR count). The smallest absolute Gasteiger partial charge is 0.0696 e. The van der Waals surface area contributed by atoms with E-state index in [4.69, 9.17) is 0 Å². The van der Waals surface area contributed by atoms with Crippen molar-refractivity contribution in [3.05, 3.63) is 0 Å². The molecule has 1 heterocycles. The highest BCUT2D eigenvalue weighted by molar-refractivity contribution is 4.98. The first-order valence-electron chi connectivity index (χ1n) is 11.1. The number of rotatable bonds is 6. The van der Waals surface area contributed by atoms with Crippen LogP contribution in [0.4, 0.5) is 0 Å². The van der Waals surface area contributed by atoms with Crippen molar-refractivity contribution in [3.8, 4) is 0 Å². The van der Waals surface area contributed by atoms with Crippen molar-refractivity contribution < 1.29 is 5.11 Å². The van der Waals surface area contributed by atoms with E-state index in [9.17, 15) is 5.11 Å². The lowest BCUT2D eigenvalue weighted by Crippen LogP contribution is -2.51. The van der Waals surface area contributed by atoms with Crippen LogP contribution in [0, 0.1) is 53.3 Å². The first-order valence-corrected chi connectivity index (χ1v) is 11.1. The fraction of sp³-hybridized carbons (Fsp3) is 1.00. The maximum Gasteiger partial charge on any atom is 0.0696 e. The van der Waals surface area contributed by atoms with Crippen LogP contribution in [0.5, 0.6) is 0 Å². The summed E-state index contributed by atoms with van der Waals surface area (Å²) < 4.78 is 0. The molecule has 0 amide bonds. The number of hydrogen-bond acceptors (Lipinski definition) is 2. The molecule has 1 aliphatic heterocycles. The first kappa shape index (κ1) is 21.2. The van der Waals surface area contributed by atoms with E-state index in [1.807, 2.05) is 0 Å². The lowest BCUT2D eigenvalue weighted by Gasteiger charge is -2.55. The van der Waals surface area contributed by atoms with Gasteiger partial charge in [-0.15, -0.1) is 0 Å². The summed E-state index contributed by atoms with van der Waals surface area (Å²) in [5, 5.41) is 14.4. The molecule has 1 aliphatic carbocycles. The Kier molecular flexibility index (Phi) is 7.42. The van der Waals surface area contributed by atoms with Gasteiger partial charge < -0.3 is 10.4 Å². The van der Waals surface area contributed by atoms with Gasteiger partial charge in [-0.2, -0.15) is 0 Å². The summed E-state index contributed by atoms with van der Waals surface area (Å²) >= 11 is 0. The molecule has 148 valence electrons. The van der Waals surface area contributed by atoms with Crippen LogP contribution in [-0.2, 0) is 0 Å². The van der Waals surface area contributed by atoms with Crippen molar-refractivity contribution in [2.45, 2.75) is 86.8 Å². The molecule has 0 aromatic heterocycles. The first-order chi connectivity index (χ1) is 11.7. The highest BCUT2D eigenvalue weighted by Gasteiger charge is 2.50. The third-order valence-electron chi connectivity index (χ3n) is 7.84. The predicted molar refractivity (Wildman–Crippen MR) is 108 cm³/mol. The summed E-state index contributed by atoms with van der Waals surface area (Å²) in [5.74, 6) is 6.60. The Morgan fingerprint density at radius 1 is 0.840 bits per heavy atom. The number of nitrogens with one attached hydrogen (secondary N) is 1. The molecule has 1 saturated heterocycles. The minimum atomic E-state index is -0.173. The van der Waals surface area contributed by atoms with Gasteiger partial charge in [-0.05, 0) is 79.1 Å². The van der Waals surface area contributed by atoms with Crippen LogP contribution in [0.3, 0.4) is 0 Å². The molecular formula is C23H45NO. The van der Waals surface area contributed by atoms with E-state index >= 15 is 0 Å². The van der Waals surface area contributed by atoms with Crippen LogP contribution in [0.15, 0.2) is 0 Å². The summed E-state index contributed by atoms with van der Waals surface area (Å²) in [4.78, 5) is 0. The number of hydrogen-bond donors (Lipinski definition) is 2. The zero-order valence-electron chi connectivity index (χ0n) is 18.1. The van der Waals surface area contributed by atoms with Gasteiger partial charge in [0.2, 0.25) is 0 Å². The Morgan fingerprint density at radius 3 is 1.68 bits per heavy atom. The molecular weight excluding hydrogens is 306 g/mol. The predicted octanol–water partition coefficient (Wildman–Crippen LogP) is 5.21. The molecule has 0 bridgehead atoms. The third-order valence-corrected chi connectivity index (χ3v) is 7.84. The maximum atomic E-state index is 10.9. The van der Waals surface area contributed by atoms with Gasteiger partial charge in [0.25, 0.3) is 0 Å². The van der Waals surface area contributed by atoms with Crippen LogP contribution in [0.25, 0.3) is 0 Å². The number of aliphatic hydroxyl groups excluding tert-OH is 1. The minimum absolute atomic E-state index is 0.173. The molecule has 0 spiro atoms. The van der Waals surface area contributed by atoms with Crippen LogP contribution in [-0.4, -0.2) is 23.8 Å². The largest absolute Gasteiger partial charge is 0.391 e. The fourth-order valence-electron chi connectivity index (χ4n) is 6.91. The Morgan fingerprint density at radius 2 is 1.32 bits per heavy atom. The molecule has 2 N–H and O–H groups in total. The van der Waals surface area contributed by atoms with Crippen molar-refractivity contribution in [1.82, 2.24) is 5.32 Å². The van der Waals surface area contributed by atoms with E-state index < -0.39 is 0 Å². The summed E-state index contributed by atoms with van der Waals surface area (Å²) in [7, 11) is 0. The van der Waals surface area contributed by atoms with E-state index in [2.05, 4.69) is 60.7 Å². The molecule has 6 unspecified atom stereocenters. The van der Waals surface area contributed by atoms with Crippen LogP contribution < -0.4 is 5.32 Å². The second-order valence-corrected chi connectivity index (χ2v) is 10.4. The summed E-state index contributed by atoms with van der Waals surface area (Å²) in [5.41, 5.74) is 0. The monoisotopic (exact) mass is 351 g/mol. The molecule has 6 atom stereocenters. The van der Waals surface area contributed by atoms with E-state index in [1.165, 1.54) is 6.42 Å². The Bertz CT molecular complexity index is 377. The second-order valence-electron chi connectivity index (χ2n) is 10.4. The Hall–Kier alpha value is -0.0800. The number of aliphatic hydroxyl groups is 1. The molecule has 2 heteroatoms. The van der Waals surface area contributed by atoms with Crippen molar-refractivity contribution in [2.75, 3.05) is 6.54 Å². The molecule has 0 aromatic carbocycles. The van der Waals surface area contributed by atoms with Crippen LogP contribution in [0.1, 0.15) is 74.7 Å². The van der Waals surface area contributed by atoms with Gasteiger partial charge in [0.1, 0.15) is 0 Å². The second kappa shape index (κ2) is 8.74. The van der Waals surface area contributed by atoms with Gasteiger partial charge in [-0.3, -0.25) is 0 Å². The average Bonchev–Trinajstić information content (AvgIpc) is 3.03. The van der Waals surface area contributed by atoms with Gasteiger partial charge in [0.15, 0.2) is 0 Å². The third kappa shape index (κ3) is 4.43. The van der Waals surface area contributed by atoms with E-state index in [-0.39, 0.29) is 6.10 Å². The maximum absolute atomic E-state index is 10.9. The van der Waals surface area contributed by atoms with Crippen molar-refractivity contribution in [2.24, 2.45) is 53.3 Å². The molecule has 2 fully saturated rings. The van der Waals surface area contributed by atoms with Gasteiger partial charge in [-0.1, -0.05) is 55.4 Å². The summed E-state index contributed by atoms with van der Waals surface area (Å²) in [6.45, 7) is 20.6. The topological polar surface area (TPSA) is 32.3 Å². The van der Waals surface area contributed by atoms with Crippen molar-refractivity contribution in [1.29, 1.82) is 0 Å². The minimum Gasteiger partial charge on any atom is -0.391 e. The molecule has 0 aromatic rings. The van der Waals surface area contributed by atoms with Gasteiger partial charge in [0, 0.05) is 6.04 Å². The zero-order valence-corrected chi connectivity index (χ0v) is 18.1. The van der Waals surface area contributed by atoms with E-state index in [1.54, 1.807) is 0 Å². The van der Waals surface area contributed by atoms with Crippen molar-refractivity contribution >= 4 is 0 Å². The normalized spacial score (nSPS) is 41.0. The van der Waals surface area contributed by atoms with Crippen molar-refractivity contribution in [3.63, 3.8) is 0 Å². The lowest BCUT2D eigenvalue weighted by atomic mass is 9.50.